The van der Waals surface area contributed by atoms with E-state index in [0.717, 1.165) is 17.1 Å². The summed E-state index contributed by atoms with van der Waals surface area (Å²) in [6, 6.07) is 70.9. The van der Waals surface area contributed by atoms with Crippen LogP contribution in [0.4, 0.5) is 17.1 Å². The lowest BCUT2D eigenvalue weighted by Crippen LogP contribution is -2.16. The first-order valence-corrected chi connectivity index (χ1v) is 19.5. The molecule has 9 aromatic rings. The van der Waals surface area contributed by atoms with Crippen LogP contribution in [0, 0.1) is 6.92 Å². The van der Waals surface area contributed by atoms with Gasteiger partial charge in [-0.2, -0.15) is 0 Å². The molecule has 8 aromatic carbocycles. The highest BCUT2D eigenvalue weighted by Crippen LogP contribution is 2.51. The van der Waals surface area contributed by atoms with Crippen LogP contribution in [0.2, 0.25) is 0 Å². The number of hydrogen-bond acceptors (Lipinski definition) is 1. The minimum Gasteiger partial charge on any atom is -0.316 e. The van der Waals surface area contributed by atoms with E-state index in [-0.39, 0.29) is 5.41 Å². The molecule has 10 rings (SSSR count). The Labute approximate surface area is 329 Å². The Bertz CT molecular complexity index is 2760. The van der Waals surface area contributed by atoms with Crippen LogP contribution in [0.15, 0.2) is 200 Å². The number of para-hydroxylation sites is 1. The quantitative estimate of drug-likeness (QED) is 0.159. The first-order chi connectivity index (χ1) is 27.4. The van der Waals surface area contributed by atoms with E-state index in [1.165, 1.54) is 77.8 Å². The van der Waals surface area contributed by atoms with Gasteiger partial charge in [0.2, 0.25) is 0 Å². The number of fused-ring (bicyclic) bond motifs is 4. The van der Waals surface area contributed by atoms with Crippen LogP contribution in [0.1, 0.15) is 30.5 Å². The molecule has 268 valence electrons. The van der Waals surface area contributed by atoms with Crippen molar-refractivity contribution < 1.29 is 0 Å². The molecule has 0 spiro atoms. The standard InChI is InChI=1S/C54H42N2/c1-37-36-55(53-17-11-10-16-48(37)53)44-25-18-42(19-26-44)43-24-32-49-50-33-31-47(35-52(50)54(2,3)51(49)34-43)56(45-27-20-40(21-28-45)38-12-6-4-7-13-38)46-29-22-41(23-30-46)39-14-8-5-9-15-39/h4-36H,1-3H3. The summed E-state index contributed by atoms with van der Waals surface area (Å²) in [5.74, 6) is 0. The molecule has 1 aliphatic carbocycles. The molecule has 0 N–H and O–H groups in total. The van der Waals surface area contributed by atoms with Crippen molar-refractivity contribution in [3.8, 4) is 50.2 Å². The van der Waals surface area contributed by atoms with Crippen molar-refractivity contribution in [3.63, 3.8) is 0 Å². The first-order valence-electron chi connectivity index (χ1n) is 19.5. The SMILES string of the molecule is Cc1cn(-c2ccc(-c3ccc4c(c3)C(C)(C)c3cc(N(c5ccc(-c6ccccc6)cc5)c5ccc(-c6ccccc6)cc5)ccc3-4)cc2)c2ccccc12. The third kappa shape index (κ3) is 5.74. The van der Waals surface area contributed by atoms with Gasteiger partial charge >= 0.3 is 0 Å². The molecular weight excluding hydrogens is 677 g/mol. The molecule has 0 fully saturated rings. The van der Waals surface area contributed by atoms with Gasteiger partial charge in [0.25, 0.3) is 0 Å². The van der Waals surface area contributed by atoms with E-state index in [9.17, 15) is 0 Å². The van der Waals surface area contributed by atoms with Gasteiger partial charge in [-0.3, -0.25) is 0 Å². The summed E-state index contributed by atoms with van der Waals surface area (Å²) in [4.78, 5) is 2.39. The predicted octanol–water partition coefficient (Wildman–Crippen LogP) is 14.7. The molecule has 0 saturated heterocycles. The predicted molar refractivity (Wildman–Crippen MR) is 237 cm³/mol. The van der Waals surface area contributed by atoms with Gasteiger partial charge in [-0.25, -0.2) is 0 Å². The molecule has 1 heterocycles. The maximum atomic E-state index is 2.42. The van der Waals surface area contributed by atoms with Crippen molar-refractivity contribution in [2.24, 2.45) is 0 Å². The molecule has 1 aromatic heterocycles. The number of anilines is 3. The van der Waals surface area contributed by atoms with Gasteiger partial charge in [0.05, 0.1) is 5.52 Å². The van der Waals surface area contributed by atoms with Crippen LogP contribution in [0.25, 0.3) is 61.1 Å². The molecule has 0 saturated carbocycles. The Balaban J connectivity index is 1.00. The van der Waals surface area contributed by atoms with Crippen molar-refractivity contribution in [1.29, 1.82) is 0 Å². The lowest BCUT2D eigenvalue weighted by atomic mass is 9.81. The van der Waals surface area contributed by atoms with E-state index in [2.05, 4.69) is 231 Å². The van der Waals surface area contributed by atoms with Crippen molar-refractivity contribution in [3.05, 3.63) is 217 Å². The topological polar surface area (TPSA) is 8.17 Å². The lowest BCUT2D eigenvalue weighted by molar-refractivity contribution is 0.660. The lowest BCUT2D eigenvalue weighted by Gasteiger charge is -2.28. The second-order valence-electron chi connectivity index (χ2n) is 15.5. The monoisotopic (exact) mass is 718 g/mol. The van der Waals surface area contributed by atoms with Gasteiger partial charge in [-0.1, -0.05) is 147 Å². The molecule has 0 amide bonds. The first kappa shape index (κ1) is 33.7. The van der Waals surface area contributed by atoms with Crippen LogP contribution < -0.4 is 4.90 Å². The smallest absolute Gasteiger partial charge is 0.0531 e. The molecule has 0 radical (unpaired) electrons. The zero-order valence-corrected chi connectivity index (χ0v) is 31.9. The molecule has 56 heavy (non-hydrogen) atoms. The Morgan fingerprint density at radius 1 is 0.411 bits per heavy atom. The van der Waals surface area contributed by atoms with Gasteiger partial charge < -0.3 is 9.47 Å². The van der Waals surface area contributed by atoms with Crippen LogP contribution in [0.3, 0.4) is 0 Å². The minimum atomic E-state index is -0.182. The highest BCUT2D eigenvalue weighted by Gasteiger charge is 2.36. The Kier molecular flexibility index (Phi) is 8.08. The second-order valence-corrected chi connectivity index (χ2v) is 15.5. The van der Waals surface area contributed by atoms with E-state index >= 15 is 0 Å². The Morgan fingerprint density at radius 2 is 0.857 bits per heavy atom. The summed E-state index contributed by atoms with van der Waals surface area (Å²) < 4.78 is 2.30. The van der Waals surface area contributed by atoms with Crippen LogP contribution in [0.5, 0.6) is 0 Å². The van der Waals surface area contributed by atoms with E-state index < -0.39 is 0 Å². The van der Waals surface area contributed by atoms with Crippen molar-refractivity contribution >= 4 is 28.0 Å². The third-order valence-electron chi connectivity index (χ3n) is 11.8. The molecule has 0 unspecified atom stereocenters. The number of aryl methyl sites for hydroxylation is 1. The maximum Gasteiger partial charge on any atom is 0.0531 e. The fourth-order valence-electron chi connectivity index (χ4n) is 8.74. The van der Waals surface area contributed by atoms with E-state index in [0.29, 0.717) is 0 Å². The summed E-state index contributed by atoms with van der Waals surface area (Å²) in [5.41, 5.74) is 19.6. The fraction of sp³-hybridized carbons (Fsp3) is 0.0741. The van der Waals surface area contributed by atoms with Crippen LogP contribution in [-0.4, -0.2) is 4.57 Å². The summed E-state index contributed by atoms with van der Waals surface area (Å²) >= 11 is 0. The Hall–Kier alpha value is -6.90. The highest BCUT2D eigenvalue weighted by atomic mass is 15.1. The summed E-state index contributed by atoms with van der Waals surface area (Å²) in [6.45, 7) is 6.94. The molecule has 0 aliphatic heterocycles. The van der Waals surface area contributed by atoms with E-state index in [4.69, 9.17) is 0 Å². The van der Waals surface area contributed by atoms with Gasteiger partial charge in [-0.05, 0) is 129 Å². The molecule has 0 bridgehead atoms. The average molecular weight is 719 g/mol. The van der Waals surface area contributed by atoms with Gasteiger partial charge in [0, 0.05) is 39.7 Å². The van der Waals surface area contributed by atoms with Gasteiger partial charge in [0.1, 0.15) is 0 Å². The summed E-state index contributed by atoms with van der Waals surface area (Å²) in [6.07, 6.45) is 2.24. The third-order valence-corrected chi connectivity index (χ3v) is 11.8. The van der Waals surface area contributed by atoms with Crippen LogP contribution >= 0.6 is 0 Å². The summed E-state index contributed by atoms with van der Waals surface area (Å²) in [5, 5.41) is 1.30. The largest absolute Gasteiger partial charge is 0.316 e. The van der Waals surface area contributed by atoms with Crippen LogP contribution in [-0.2, 0) is 5.41 Å². The minimum absolute atomic E-state index is 0.182. The molecule has 0 atom stereocenters. The fourth-order valence-corrected chi connectivity index (χ4v) is 8.74. The highest BCUT2D eigenvalue weighted by molar-refractivity contribution is 5.88. The number of nitrogens with zero attached hydrogens (tertiary/aromatic N) is 2. The molecule has 2 heteroatoms. The van der Waals surface area contributed by atoms with E-state index in [1.54, 1.807) is 0 Å². The number of rotatable bonds is 7. The Morgan fingerprint density at radius 3 is 1.46 bits per heavy atom. The van der Waals surface area contributed by atoms with E-state index in [1.807, 2.05) is 0 Å². The maximum absolute atomic E-state index is 2.42. The number of aromatic nitrogens is 1. The van der Waals surface area contributed by atoms with Crippen molar-refractivity contribution in [1.82, 2.24) is 4.57 Å². The average Bonchev–Trinajstić information content (AvgIpc) is 3.71. The molecule has 1 aliphatic rings. The second kappa shape index (κ2) is 13.4. The molecule has 2 nitrogen and oxygen atoms in total. The van der Waals surface area contributed by atoms with Gasteiger partial charge in [0.15, 0.2) is 0 Å². The number of benzene rings is 8. The molecular formula is C54H42N2. The van der Waals surface area contributed by atoms with Crippen molar-refractivity contribution in [2.75, 3.05) is 4.90 Å². The van der Waals surface area contributed by atoms with Gasteiger partial charge in [-0.15, -0.1) is 0 Å². The zero-order valence-electron chi connectivity index (χ0n) is 31.9. The normalized spacial score (nSPS) is 12.7. The van der Waals surface area contributed by atoms with Crippen molar-refractivity contribution in [2.45, 2.75) is 26.2 Å². The number of hydrogen-bond donors (Lipinski definition) is 0. The summed E-state index contributed by atoms with van der Waals surface area (Å²) in [7, 11) is 0. The zero-order chi connectivity index (χ0) is 37.8.